The lowest BCUT2D eigenvalue weighted by Crippen LogP contribution is -2.65. The van der Waals surface area contributed by atoms with Crippen molar-refractivity contribution in [3.05, 3.63) is 0 Å². The fourth-order valence-corrected chi connectivity index (χ4v) is 6.16. The Hall–Kier alpha value is -2.06. The van der Waals surface area contributed by atoms with Gasteiger partial charge in [0.2, 0.25) is 12.6 Å². The number of carbonyl (C=O) groups is 2. The van der Waals surface area contributed by atoms with Crippen LogP contribution < -0.4 is 10.6 Å². The summed E-state index contributed by atoms with van der Waals surface area (Å²) in [6, 6.07) is 0. The Kier molecular flexibility index (Phi) is 19.8. The number of nitrogens with one attached hydrogen (secondary N) is 2. The molecular formula is C32H58N2O19. The van der Waals surface area contributed by atoms with Gasteiger partial charge in [0, 0.05) is 13.1 Å². The first-order valence-electron chi connectivity index (χ1n) is 18.1. The predicted molar refractivity (Wildman–Crippen MR) is 175 cm³/mol. The van der Waals surface area contributed by atoms with Gasteiger partial charge in [0.15, 0.2) is 6.29 Å². The Bertz CT molecular complexity index is 1060. The summed E-state index contributed by atoms with van der Waals surface area (Å²) in [5.41, 5.74) is 0. The molecule has 0 radical (unpaired) electrons. The van der Waals surface area contributed by atoms with Crippen LogP contribution in [-0.4, -0.2) is 193 Å². The molecule has 0 aromatic rings. The Morgan fingerprint density at radius 1 is 0.434 bits per heavy atom. The van der Waals surface area contributed by atoms with Crippen molar-refractivity contribution in [3.63, 3.8) is 0 Å². The molecule has 2 amide bonds. The van der Waals surface area contributed by atoms with E-state index in [1.165, 1.54) is 0 Å². The van der Waals surface area contributed by atoms with Crippen LogP contribution in [0.4, 0.5) is 9.59 Å². The second kappa shape index (κ2) is 23.1. The third-order valence-corrected chi connectivity index (χ3v) is 9.40. The van der Waals surface area contributed by atoms with Gasteiger partial charge in [-0.05, 0) is 12.8 Å². The smallest absolute Gasteiger partial charge is 0.409 e. The molecule has 0 saturated carbocycles. The molecule has 3 saturated heterocycles. The molecule has 0 unspecified atom stereocenters. The highest BCUT2D eigenvalue weighted by Gasteiger charge is 2.51. The van der Waals surface area contributed by atoms with E-state index in [-0.39, 0.29) is 6.54 Å². The summed E-state index contributed by atoms with van der Waals surface area (Å²) in [5, 5.41) is 114. The maximum atomic E-state index is 12.3. The Morgan fingerprint density at radius 2 is 0.774 bits per heavy atom. The number of carbonyl (C=O) groups excluding carboxylic acids is 2. The molecule has 3 heterocycles. The fraction of sp³-hybridized carbons (Fsp3) is 0.938. The molecule has 310 valence electrons. The first-order valence-corrected chi connectivity index (χ1v) is 18.1. The standard InChI is InChI=1S/C32H58N2O19/c35-13-16-19(38)21(40)24(43)28(48-16)51-27-18(15-37)50-30(26(45)23(27)42)53-32(47)34-12-10-8-6-4-2-1-3-5-7-9-11-33-31(46)52-29-25(44)22(41)20(39)17(14-36)49-29/h16-30,35-45H,1-15H2,(H,33,46)(H,34,47)/t16-,17-,18-,19+,20+,21+,22+,23-,24-,25-,26-,27-,28+,29+,30+/m1/s1. The van der Waals surface area contributed by atoms with E-state index in [9.17, 15) is 65.8 Å². The highest BCUT2D eigenvalue weighted by atomic mass is 16.8. The van der Waals surface area contributed by atoms with Gasteiger partial charge in [-0.25, -0.2) is 9.59 Å². The predicted octanol–water partition coefficient (Wildman–Crippen LogP) is -4.24. The Balaban J connectivity index is 1.19. The average Bonchev–Trinajstić information content (AvgIpc) is 3.14. The van der Waals surface area contributed by atoms with Crippen molar-refractivity contribution in [2.45, 2.75) is 156 Å². The van der Waals surface area contributed by atoms with Gasteiger partial charge in [0.25, 0.3) is 0 Å². The number of hydrogen-bond acceptors (Lipinski definition) is 19. The van der Waals surface area contributed by atoms with Gasteiger partial charge in [-0.2, -0.15) is 0 Å². The SMILES string of the molecule is O=C(NCCCCCCCCCCCCNC(=O)O[C@@H]1O[C@H](CO)[C@@H](O[C@@H]2O[C@H](CO)[C@H](O)[C@H](O)[C@H]2O)[C@H](O)[C@H]1O)O[C@@H]1O[C@H](CO)[C@H](O)[C@H](O)[C@H]1O. The van der Waals surface area contributed by atoms with Gasteiger partial charge in [-0.15, -0.1) is 0 Å². The lowest BCUT2D eigenvalue weighted by molar-refractivity contribution is -0.354. The van der Waals surface area contributed by atoms with Gasteiger partial charge < -0.3 is 95.2 Å². The number of hydrogen-bond donors (Lipinski definition) is 13. The molecule has 13 N–H and O–H groups in total. The molecule has 21 nitrogen and oxygen atoms in total. The zero-order valence-electron chi connectivity index (χ0n) is 29.5. The minimum atomic E-state index is -1.83. The fourth-order valence-electron chi connectivity index (χ4n) is 6.16. The first-order chi connectivity index (χ1) is 25.3. The van der Waals surface area contributed by atoms with Gasteiger partial charge in [0.05, 0.1) is 19.8 Å². The maximum absolute atomic E-state index is 12.3. The largest absolute Gasteiger partial charge is 0.417 e. The molecule has 0 bridgehead atoms. The number of unbranched alkanes of at least 4 members (excludes halogenated alkanes) is 9. The van der Waals surface area contributed by atoms with Crippen LogP contribution in [-0.2, 0) is 28.4 Å². The number of rotatable bonds is 20. The molecule has 3 aliphatic heterocycles. The van der Waals surface area contributed by atoms with Gasteiger partial charge in [-0.1, -0.05) is 51.4 Å². The minimum absolute atomic E-state index is 0.278. The lowest BCUT2D eigenvalue weighted by atomic mass is 9.97. The van der Waals surface area contributed by atoms with E-state index in [4.69, 9.17) is 28.4 Å². The van der Waals surface area contributed by atoms with Crippen molar-refractivity contribution in [1.29, 1.82) is 0 Å². The normalized spacial score (nSPS) is 37.5. The summed E-state index contributed by atoms with van der Waals surface area (Å²) in [5.74, 6) is 0. The van der Waals surface area contributed by atoms with Crippen molar-refractivity contribution in [2.24, 2.45) is 0 Å². The summed E-state index contributed by atoms with van der Waals surface area (Å²) in [4.78, 5) is 24.3. The monoisotopic (exact) mass is 774 g/mol. The lowest BCUT2D eigenvalue weighted by Gasteiger charge is -2.45. The van der Waals surface area contributed by atoms with Crippen molar-refractivity contribution in [3.8, 4) is 0 Å². The van der Waals surface area contributed by atoms with E-state index in [0.29, 0.717) is 19.4 Å². The average molecular weight is 775 g/mol. The van der Waals surface area contributed by atoms with E-state index in [2.05, 4.69) is 10.6 Å². The highest BCUT2D eigenvalue weighted by Crippen LogP contribution is 2.30. The van der Waals surface area contributed by atoms with Crippen LogP contribution in [0.1, 0.15) is 64.2 Å². The maximum Gasteiger partial charge on any atom is 0.409 e. The minimum Gasteiger partial charge on any atom is -0.417 e. The summed E-state index contributed by atoms with van der Waals surface area (Å²) in [6.45, 7) is -1.50. The molecule has 15 atom stereocenters. The van der Waals surface area contributed by atoms with E-state index >= 15 is 0 Å². The molecular weight excluding hydrogens is 716 g/mol. The van der Waals surface area contributed by atoms with Crippen LogP contribution in [0.5, 0.6) is 0 Å². The molecule has 21 heteroatoms. The van der Waals surface area contributed by atoms with Crippen LogP contribution in [0, 0.1) is 0 Å². The second-order valence-electron chi connectivity index (χ2n) is 13.4. The molecule has 3 aliphatic rings. The zero-order valence-corrected chi connectivity index (χ0v) is 29.5. The van der Waals surface area contributed by atoms with E-state index in [1.54, 1.807) is 0 Å². The quantitative estimate of drug-likeness (QED) is 0.0521. The second-order valence-corrected chi connectivity index (χ2v) is 13.4. The van der Waals surface area contributed by atoms with Crippen molar-refractivity contribution < 1.29 is 94.2 Å². The van der Waals surface area contributed by atoms with Gasteiger partial charge >= 0.3 is 12.2 Å². The topological polar surface area (TPSA) is 336 Å². The molecule has 0 aromatic heterocycles. The summed E-state index contributed by atoms with van der Waals surface area (Å²) in [7, 11) is 0. The molecule has 0 aliphatic carbocycles. The number of amides is 2. The van der Waals surface area contributed by atoms with Crippen molar-refractivity contribution >= 4 is 12.2 Å². The third kappa shape index (κ3) is 13.3. The number of alkyl carbamates (subject to hydrolysis) is 2. The Morgan fingerprint density at radius 3 is 1.19 bits per heavy atom. The summed E-state index contributed by atoms with van der Waals surface area (Å²) in [6.07, 6.45) is -16.6. The highest BCUT2D eigenvalue weighted by molar-refractivity contribution is 5.67. The van der Waals surface area contributed by atoms with Crippen LogP contribution in [0.3, 0.4) is 0 Å². The molecule has 0 spiro atoms. The molecule has 3 fully saturated rings. The van der Waals surface area contributed by atoms with E-state index in [0.717, 1.165) is 51.4 Å². The summed E-state index contributed by atoms with van der Waals surface area (Å²) >= 11 is 0. The number of aliphatic hydroxyl groups is 11. The van der Waals surface area contributed by atoms with Gasteiger partial charge in [0.1, 0.15) is 73.2 Å². The zero-order chi connectivity index (χ0) is 39.1. The number of aliphatic hydroxyl groups excluding tert-OH is 11. The van der Waals surface area contributed by atoms with E-state index in [1.807, 2.05) is 0 Å². The Labute approximate surface area is 306 Å². The molecule has 3 rings (SSSR count). The molecule has 0 aromatic carbocycles. The molecule has 53 heavy (non-hydrogen) atoms. The van der Waals surface area contributed by atoms with Crippen molar-refractivity contribution in [2.75, 3.05) is 32.9 Å². The summed E-state index contributed by atoms with van der Waals surface area (Å²) < 4.78 is 31.4. The van der Waals surface area contributed by atoms with Crippen LogP contribution in [0.2, 0.25) is 0 Å². The van der Waals surface area contributed by atoms with Crippen molar-refractivity contribution in [1.82, 2.24) is 10.6 Å². The van der Waals surface area contributed by atoms with Gasteiger partial charge in [-0.3, -0.25) is 0 Å². The van der Waals surface area contributed by atoms with Crippen LogP contribution in [0.15, 0.2) is 0 Å². The first kappa shape index (κ1) is 45.3. The van der Waals surface area contributed by atoms with E-state index < -0.39 is 124 Å². The van der Waals surface area contributed by atoms with Crippen LogP contribution in [0.25, 0.3) is 0 Å². The number of ether oxygens (including phenoxy) is 6. The van der Waals surface area contributed by atoms with Crippen LogP contribution >= 0.6 is 0 Å². The third-order valence-electron chi connectivity index (χ3n) is 9.40.